The van der Waals surface area contributed by atoms with Gasteiger partial charge in [-0.05, 0) is 25.0 Å². The Balaban J connectivity index is 0.00000121. The first-order valence-corrected chi connectivity index (χ1v) is 7.88. The van der Waals surface area contributed by atoms with Crippen LogP contribution in [0.25, 0.3) is 10.2 Å². The van der Waals surface area contributed by atoms with E-state index < -0.39 is 0 Å². The van der Waals surface area contributed by atoms with Crippen LogP contribution in [-0.4, -0.2) is 28.9 Å². The van der Waals surface area contributed by atoms with Crippen molar-refractivity contribution in [3.8, 4) is 0 Å². The molecule has 0 radical (unpaired) electrons. The predicted molar refractivity (Wildman–Crippen MR) is 96.0 cm³/mol. The standard InChI is InChI=1S/C15H19N3OS.2ClH/c1-10(9-16)15(19)18-8-4-6-12(18)14-17-11-5-2-3-7-13(11)20-14;;/h2-3,5,7,10,12H,4,6,8-9,16H2,1H3;2*1H. The van der Waals surface area contributed by atoms with Crippen LogP contribution in [0, 0.1) is 5.92 Å². The fraction of sp³-hybridized carbons (Fsp3) is 0.467. The summed E-state index contributed by atoms with van der Waals surface area (Å²) >= 11 is 1.70. The molecule has 0 bridgehead atoms. The van der Waals surface area contributed by atoms with Gasteiger partial charge in [0.1, 0.15) is 5.01 Å². The van der Waals surface area contributed by atoms with Crippen molar-refractivity contribution >= 4 is 52.3 Å². The van der Waals surface area contributed by atoms with Gasteiger partial charge in [0.05, 0.1) is 16.3 Å². The van der Waals surface area contributed by atoms with E-state index in [0.717, 1.165) is 29.9 Å². The maximum absolute atomic E-state index is 12.4. The summed E-state index contributed by atoms with van der Waals surface area (Å²) < 4.78 is 1.19. The van der Waals surface area contributed by atoms with Crippen molar-refractivity contribution in [2.45, 2.75) is 25.8 Å². The van der Waals surface area contributed by atoms with Gasteiger partial charge in [0.25, 0.3) is 0 Å². The average Bonchev–Trinajstić information content (AvgIpc) is 3.10. The summed E-state index contributed by atoms with van der Waals surface area (Å²) in [4.78, 5) is 19.1. The van der Waals surface area contributed by atoms with Crippen molar-refractivity contribution in [2.75, 3.05) is 13.1 Å². The number of amides is 1. The Bertz CT molecular complexity index is 601. The quantitative estimate of drug-likeness (QED) is 0.911. The van der Waals surface area contributed by atoms with Gasteiger partial charge in [-0.15, -0.1) is 36.2 Å². The number of para-hydroxylation sites is 1. The molecule has 22 heavy (non-hydrogen) atoms. The summed E-state index contributed by atoms with van der Waals surface area (Å²) in [6, 6.07) is 8.27. The highest BCUT2D eigenvalue weighted by Crippen LogP contribution is 2.36. The molecule has 1 fully saturated rings. The van der Waals surface area contributed by atoms with Crippen molar-refractivity contribution in [2.24, 2.45) is 11.7 Å². The molecule has 2 N–H and O–H groups in total. The van der Waals surface area contributed by atoms with Crippen molar-refractivity contribution < 1.29 is 4.79 Å². The summed E-state index contributed by atoms with van der Waals surface area (Å²) in [7, 11) is 0. The lowest BCUT2D eigenvalue weighted by atomic mass is 10.1. The molecule has 1 aliphatic heterocycles. The van der Waals surface area contributed by atoms with Crippen LogP contribution in [0.3, 0.4) is 0 Å². The zero-order chi connectivity index (χ0) is 14.1. The molecule has 2 heterocycles. The number of thiazole rings is 1. The predicted octanol–water partition coefficient (Wildman–Crippen LogP) is 3.40. The molecule has 1 saturated heterocycles. The summed E-state index contributed by atoms with van der Waals surface area (Å²) in [6.45, 7) is 3.13. The van der Waals surface area contributed by atoms with Gasteiger partial charge in [0, 0.05) is 19.0 Å². The molecule has 2 unspecified atom stereocenters. The van der Waals surface area contributed by atoms with Crippen molar-refractivity contribution in [1.29, 1.82) is 0 Å². The molecule has 0 aliphatic carbocycles. The van der Waals surface area contributed by atoms with E-state index >= 15 is 0 Å². The molecule has 1 aromatic carbocycles. The average molecular weight is 362 g/mol. The van der Waals surface area contributed by atoms with Crippen LogP contribution in [0.2, 0.25) is 0 Å². The Morgan fingerprint density at radius 2 is 2.18 bits per heavy atom. The third-order valence-corrected chi connectivity index (χ3v) is 5.04. The molecule has 2 aromatic rings. The second kappa shape index (κ2) is 8.11. The number of carbonyl (C=O) groups excluding carboxylic acids is 1. The Morgan fingerprint density at radius 3 is 2.86 bits per heavy atom. The van der Waals surface area contributed by atoms with Crippen LogP contribution in [-0.2, 0) is 4.79 Å². The zero-order valence-corrected chi connectivity index (χ0v) is 14.8. The van der Waals surface area contributed by atoms with Crippen LogP contribution in [0.5, 0.6) is 0 Å². The third-order valence-electron chi connectivity index (χ3n) is 3.91. The first-order valence-electron chi connectivity index (χ1n) is 7.06. The van der Waals surface area contributed by atoms with Gasteiger partial charge >= 0.3 is 0 Å². The minimum atomic E-state index is -0.107. The minimum absolute atomic E-state index is 0. The number of hydrogen-bond acceptors (Lipinski definition) is 4. The fourth-order valence-corrected chi connectivity index (χ4v) is 3.82. The van der Waals surface area contributed by atoms with E-state index in [1.54, 1.807) is 11.3 Å². The largest absolute Gasteiger partial charge is 0.333 e. The van der Waals surface area contributed by atoms with Crippen molar-refractivity contribution in [3.05, 3.63) is 29.3 Å². The third kappa shape index (κ3) is 3.54. The Morgan fingerprint density at radius 1 is 1.45 bits per heavy atom. The molecule has 1 amide bonds. The number of aromatic nitrogens is 1. The lowest BCUT2D eigenvalue weighted by Gasteiger charge is -2.25. The second-order valence-corrected chi connectivity index (χ2v) is 6.41. The van der Waals surface area contributed by atoms with Crippen molar-refractivity contribution in [1.82, 2.24) is 9.88 Å². The van der Waals surface area contributed by atoms with E-state index in [1.807, 2.05) is 30.0 Å². The number of benzene rings is 1. The van der Waals surface area contributed by atoms with E-state index in [1.165, 1.54) is 4.70 Å². The molecular weight excluding hydrogens is 341 g/mol. The normalized spacial score (nSPS) is 18.6. The summed E-state index contributed by atoms with van der Waals surface area (Å²) in [5.41, 5.74) is 6.65. The smallest absolute Gasteiger partial charge is 0.227 e. The highest BCUT2D eigenvalue weighted by atomic mass is 35.5. The topological polar surface area (TPSA) is 59.2 Å². The van der Waals surface area contributed by atoms with E-state index in [2.05, 4.69) is 6.07 Å². The minimum Gasteiger partial charge on any atom is -0.333 e. The van der Waals surface area contributed by atoms with Gasteiger partial charge in [0.2, 0.25) is 5.91 Å². The molecule has 122 valence electrons. The maximum Gasteiger partial charge on any atom is 0.227 e. The fourth-order valence-electron chi connectivity index (χ4n) is 2.70. The number of carbonyl (C=O) groups is 1. The number of rotatable bonds is 3. The summed E-state index contributed by atoms with van der Waals surface area (Å²) in [6.07, 6.45) is 2.05. The lowest BCUT2D eigenvalue weighted by molar-refractivity contribution is -0.135. The molecule has 7 heteroatoms. The number of nitrogens with zero attached hydrogens (tertiary/aromatic N) is 2. The van der Waals surface area contributed by atoms with Gasteiger partial charge in [-0.2, -0.15) is 0 Å². The monoisotopic (exact) mass is 361 g/mol. The van der Waals surface area contributed by atoms with E-state index in [4.69, 9.17) is 10.7 Å². The molecule has 1 aromatic heterocycles. The van der Waals surface area contributed by atoms with Gasteiger partial charge in [-0.25, -0.2) is 4.98 Å². The molecule has 3 rings (SSSR count). The van der Waals surface area contributed by atoms with E-state index in [9.17, 15) is 4.79 Å². The summed E-state index contributed by atoms with van der Waals surface area (Å²) in [5.74, 6) is 0.0548. The van der Waals surface area contributed by atoms with Gasteiger partial charge < -0.3 is 10.6 Å². The molecule has 1 aliphatic rings. The zero-order valence-electron chi connectivity index (χ0n) is 12.4. The molecule has 0 saturated carbocycles. The molecule has 4 nitrogen and oxygen atoms in total. The number of likely N-dealkylation sites (tertiary alicyclic amines) is 1. The summed E-state index contributed by atoms with van der Waals surface area (Å²) in [5, 5.41) is 1.06. The van der Waals surface area contributed by atoms with Crippen molar-refractivity contribution in [3.63, 3.8) is 0 Å². The van der Waals surface area contributed by atoms with Gasteiger partial charge in [-0.3, -0.25) is 4.79 Å². The highest BCUT2D eigenvalue weighted by molar-refractivity contribution is 7.18. The van der Waals surface area contributed by atoms with Crippen LogP contribution < -0.4 is 5.73 Å². The van der Waals surface area contributed by atoms with Crippen LogP contribution in [0.15, 0.2) is 24.3 Å². The Labute approximate surface area is 146 Å². The molecule has 2 atom stereocenters. The highest BCUT2D eigenvalue weighted by Gasteiger charge is 2.33. The van der Waals surface area contributed by atoms with Crippen LogP contribution in [0.4, 0.5) is 0 Å². The van der Waals surface area contributed by atoms with E-state index in [-0.39, 0.29) is 42.7 Å². The van der Waals surface area contributed by atoms with Gasteiger partial charge in [0.15, 0.2) is 0 Å². The molecule has 0 spiro atoms. The van der Waals surface area contributed by atoms with E-state index in [0.29, 0.717) is 6.54 Å². The molecular formula is C15H21Cl2N3OS. The number of halogens is 2. The number of nitrogens with two attached hydrogens (primary N) is 1. The second-order valence-electron chi connectivity index (χ2n) is 5.35. The van der Waals surface area contributed by atoms with Crippen LogP contribution in [0.1, 0.15) is 30.8 Å². The SMILES string of the molecule is CC(CN)C(=O)N1CCCC1c1nc2ccccc2s1.Cl.Cl. The number of fused-ring (bicyclic) bond motifs is 1. The maximum atomic E-state index is 12.4. The Kier molecular flexibility index (Phi) is 7.06. The van der Waals surface area contributed by atoms with Crippen LogP contribution >= 0.6 is 36.2 Å². The first kappa shape index (κ1) is 19.2. The van der Waals surface area contributed by atoms with Gasteiger partial charge in [-0.1, -0.05) is 19.1 Å². The lowest BCUT2D eigenvalue weighted by Crippen LogP contribution is -2.37. The number of hydrogen-bond donors (Lipinski definition) is 1. The Hall–Kier alpha value is -0.880. The first-order chi connectivity index (χ1) is 9.70.